The van der Waals surface area contributed by atoms with Crippen LogP contribution in [0, 0.1) is 11.3 Å². The van der Waals surface area contributed by atoms with E-state index in [1.807, 2.05) is 48.5 Å². The van der Waals surface area contributed by atoms with Gasteiger partial charge in [0.25, 0.3) is 5.91 Å². The second-order valence-electron chi connectivity index (χ2n) is 5.81. The highest BCUT2D eigenvalue weighted by Gasteiger charge is 2.29. The summed E-state index contributed by atoms with van der Waals surface area (Å²) in [6.07, 6.45) is 1.93. The first kappa shape index (κ1) is 16.2. The summed E-state index contributed by atoms with van der Waals surface area (Å²) in [7, 11) is -3.08. The number of sulfone groups is 1. The lowest BCUT2D eigenvalue weighted by Gasteiger charge is -2.10. The summed E-state index contributed by atoms with van der Waals surface area (Å²) < 4.78 is 22.9. The number of nitrogens with zero attached hydrogens (tertiary/aromatic N) is 1. The third-order valence-corrected chi connectivity index (χ3v) is 5.82. The molecule has 3 rings (SSSR count). The van der Waals surface area contributed by atoms with Gasteiger partial charge in [0, 0.05) is 6.04 Å². The SMILES string of the molecule is N#C/C(=C\c1cccc2ccccc12)C(=O)NC1CCS(=O)(=O)C1. The maximum absolute atomic E-state index is 12.3. The average molecular weight is 340 g/mol. The van der Waals surface area contributed by atoms with Crippen molar-refractivity contribution in [2.45, 2.75) is 12.5 Å². The van der Waals surface area contributed by atoms with E-state index in [2.05, 4.69) is 5.32 Å². The highest BCUT2D eigenvalue weighted by Crippen LogP contribution is 2.21. The number of rotatable bonds is 3. The van der Waals surface area contributed by atoms with Gasteiger partial charge in [-0.25, -0.2) is 8.42 Å². The molecule has 0 aliphatic carbocycles. The highest BCUT2D eigenvalue weighted by atomic mass is 32.2. The van der Waals surface area contributed by atoms with Crippen molar-refractivity contribution in [3.05, 3.63) is 53.6 Å². The zero-order valence-corrected chi connectivity index (χ0v) is 13.7. The van der Waals surface area contributed by atoms with Crippen LogP contribution < -0.4 is 5.32 Å². The number of amides is 1. The molecule has 5 nitrogen and oxygen atoms in total. The van der Waals surface area contributed by atoms with Crippen LogP contribution in [0.2, 0.25) is 0 Å². The van der Waals surface area contributed by atoms with Crippen LogP contribution in [0.5, 0.6) is 0 Å². The second-order valence-corrected chi connectivity index (χ2v) is 8.04. The summed E-state index contributed by atoms with van der Waals surface area (Å²) >= 11 is 0. The van der Waals surface area contributed by atoms with Crippen LogP contribution in [0.4, 0.5) is 0 Å². The van der Waals surface area contributed by atoms with Crippen LogP contribution in [0.15, 0.2) is 48.0 Å². The lowest BCUT2D eigenvalue weighted by atomic mass is 10.0. The summed E-state index contributed by atoms with van der Waals surface area (Å²) in [5.74, 6) is -0.522. The fourth-order valence-corrected chi connectivity index (χ4v) is 4.53. The molecule has 1 aliphatic rings. The molecule has 122 valence electrons. The first-order valence-corrected chi connectivity index (χ1v) is 9.41. The molecule has 1 amide bonds. The van der Waals surface area contributed by atoms with E-state index in [1.54, 1.807) is 6.08 Å². The molecule has 1 atom stereocenters. The van der Waals surface area contributed by atoms with Crippen LogP contribution in [-0.4, -0.2) is 31.9 Å². The molecular formula is C18H16N2O3S. The van der Waals surface area contributed by atoms with Crippen LogP contribution in [0.1, 0.15) is 12.0 Å². The Balaban J connectivity index is 1.86. The number of fused-ring (bicyclic) bond motifs is 1. The highest BCUT2D eigenvalue weighted by molar-refractivity contribution is 7.91. The Bertz CT molecular complexity index is 966. The Morgan fingerprint density at radius 2 is 1.96 bits per heavy atom. The lowest BCUT2D eigenvalue weighted by molar-refractivity contribution is -0.117. The van der Waals surface area contributed by atoms with Gasteiger partial charge in [-0.05, 0) is 28.8 Å². The predicted octanol–water partition coefficient (Wildman–Crippen LogP) is 2.05. The van der Waals surface area contributed by atoms with Crippen LogP contribution in [0.25, 0.3) is 16.8 Å². The summed E-state index contributed by atoms with van der Waals surface area (Å²) in [5, 5.41) is 13.9. The molecule has 1 unspecified atom stereocenters. The zero-order valence-electron chi connectivity index (χ0n) is 12.9. The van der Waals surface area contributed by atoms with E-state index in [-0.39, 0.29) is 17.1 Å². The van der Waals surface area contributed by atoms with Crippen LogP contribution >= 0.6 is 0 Å². The number of hydrogen-bond acceptors (Lipinski definition) is 4. The minimum absolute atomic E-state index is 0.0318. The Morgan fingerprint density at radius 3 is 2.67 bits per heavy atom. The normalized spacial score (nSPS) is 19.8. The van der Waals surface area contributed by atoms with Gasteiger partial charge in [-0.15, -0.1) is 0 Å². The van der Waals surface area contributed by atoms with Gasteiger partial charge in [-0.1, -0.05) is 42.5 Å². The van der Waals surface area contributed by atoms with Gasteiger partial charge in [-0.3, -0.25) is 4.79 Å². The fourth-order valence-electron chi connectivity index (χ4n) is 2.85. The molecule has 2 aromatic rings. The predicted molar refractivity (Wildman–Crippen MR) is 92.7 cm³/mol. The van der Waals surface area contributed by atoms with E-state index in [0.29, 0.717) is 6.42 Å². The van der Waals surface area contributed by atoms with Crippen molar-refractivity contribution in [2.75, 3.05) is 11.5 Å². The molecule has 0 bridgehead atoms. The summed E-state index contributed by atoms with van der Waals surface area (Å²) in [5.41, 5.74) is 0.745. The Hall–Kier alpha value is -2.65. The number of carbonyl (C=O) groups excluding carboxylic acids is 1. The first-order valence-electron chi connectivity index (χ1n) is 7.59. The van der Waals surface area contributed by atoms with Crippen LogP contribution in [-0.2, 0) is 14.6 Å². The van der Waals surface area contributed by atoms with Gasteiger partial charge < -0.3 is 5.32 Å². The molecule has 0 saturated carbocycles. The molecular weight excluding hydrogens is 324 g/mol. The van der Waals surface area contributed by atoms with Gasteiger partial charge in [0.2, 0.25) is 0 Å². The first-order chi connectivity index (χ1) is 11.5. The zero-order chi connectivity index (χ0) is 17.2. The third kappa shape index (κ3) is 3.47. The van der Waals surface area contributed by atoms with Gasteiger partial charge in [0.05, 0.1) is 11.5 Å². The minimum atomic E-state index is -3.08. The van der Waals surface area contributed by atoms with E-state index in [0.717, 1.165) is 16.3 Å². The van der Waals surface area contributed by atoms with Crippen molar-refractivity contribution >= 4 is 32.6 Å². The smallest absolute Gasteiger partial charge is 0.262 e. The maximum Gasteiger partial charge on any atom is 0.262 e. The molecule has 1 heterocycles. The molecule has 1 aliphatic heterocycles. The molecule has 2 aromatic carbocycles. The van der Waals surface area contributed by atoms with Gasteiger partial charge in [-0.2, -0.15) is 5.26 Å². The summed E-state index contributed by atoms with van der Waals surface area (Å²) in [6, 6.07) is 14.9. The van der Waals surface area contributed by atoms with E-state index < -0.39 is 21.8 Å². The molecule has 0 radical (unpaired) electrons. The number of nitrogens with one attached hydrogen (secondary N) is 1. The van der Waals surface area contributed by atoms with Crippen molar-refractivity contribution in [2.24, 2.45) is 0 Å². The van der Waals surface area contributed by atoms with Gasteiger partial charge in [0.15, 0.2) is 9.84 Å². The molecule has 1 N–H and O–H groups in total. The topological polar surface area (TPSA) is 87.0 Å². The largest absolute Gasteiger partial charge is 0.348 e. The van der Waals surface area contributed by atoms with Crippen molar-refractivity contribution < 1.29 is 13.2 Å². The van der Waals surface area contributed by atoms with Crippen molar-refractivity contribution in [1.29, 1.82) is 5.26 Å². The Kier molecular flexibility index (Phi) is 4.36. The van der Waals surface area contributed by atoms with Crippen molar-refractivity contribution in [1.82, 2.24) is 5.32 Å². The maximum atomic E-state index is 12.3. The quantitative estimate of drug-likeness (QED) is 0.684. The molecule has 0 spiro atoms. The second kappa shape index (κ2) is 6.46. The van der Waals surface area contributed by atoms with E-state index in [9.17, 15) is 18.5 Å². The number of nitriles is 1. The number of benzene rings is 2. The monoisotopic (exact) mass is 340 g/mol. The Morgan fingerprint density at radius 1 is 1.21 bits per heavy atom. The molecule has 24 heavy (non-hydrogen) atoms. The lowest BCUT2D eigenvalue weighted by Crippen LogP contribution is -2.36. The molecule has 1 fully saturated rings. The molecule has 1 saturated heterocycles. The van der Waals surface area contributed by atoms with E-state index >= 15 is 0 Å². The Labute approximate surface area is 140 Å². The van der Waals surface area contributed by atoms with Crippen molar-refractivity contribution in [3.63, 3.8) is 0 Å². The fraction of sp³-hybridized carbons (Fsp3) is 0.222. The van der Waals surface area contributed by atoms with Gasteiger partial charge >= 0.3 is 0 Å². The minimum Gasteiger partial charge on any atom is -0.348 e. The van der Waals surface area contributed by atoms with E-state index in [1.165, 1.54) is 0 Å². The van der Waals surface area contributed by atoms with Gasteiger partial charge in [0.1, 0.15) is 11.6 Å². The third-order valence-electron chi connectivity index (χ3n) is 4.06. The summed E-state index contributed by atoms with van der Waals surface area (Å²) in [6.45, 7) is 0. The number of carbonyl (C=O) groups is 1. The number of hydrogen-bond donors (Lipinski definition) is 1. The molecule has 0 aromatic heterocycles. The van der Waals surface area contributed by atoms with Crippen molar-refractivity contribution in [3.8, 4) is 6.07 Å². The van der Waals surface area contributed by atoms with Crippen LogP contribution in [0.3, 0.4) is 0 Å². The van der Waals surface area contributed by atoms with E-state index in [4.69, 9.17) is 0 Å². The standard InChI is InChI=1S/C18H16N2O3S/c19-11-15(18(21)20-16-8-9-24(22,23)12-16)10-14-6-3-5-13-4-1-2-7-17(13)14/h1-7,10,16H,8-9,12H2,(H,20,21)/b15-10+. The average Bonchev–Trinajstić information content (AvgIpc) is 2.91. The summed E-state index contributed by atoms with van der Waals surface area (Å²) in [4.78, 5) is 12.3. The molecule has 6 heteroatoms.